The Kier molecular flexibility index (Phi) is 4.79. The van der Waals surface area contributed by atoms with Crippen LogP contribution < -0.4 is 9.80 Å². The lowest BCUT2D eigenvalue weighted by Gasteiger charge is -2.37. The van der Waals surface area contributed by atoms with Gasteiger partial charge in [0.2, 0.25) is 5.91 Å². The first-order valence-electron chi connectivity index (χ1n) is 9.03. The summed E-state index contributed by atoms with van der Waals surface area (Å²) in [5, 5.41) is 0. The second-order valence-corrected chi connectivity index (χ2v) is 6.73. The van der Waals surface area contributed by atoms with Crippen LogP contribution in [0.3, 0.4) is 0 Å². The number of aryl methyl sites for hydroxylation is 1. The number of nitrogens with zero attached hydrogens (tertiary/aromatic N) is 3. The number of piperazine rings is 1. The fourth-order valence-electron chi connectivity index (χ4n) is 3.54. The van der Waals surface area contributed by atoms with Crippen molar-refractivity contribution in [2.75, 3.05) is 49.1 Å². The topological polar surface area (TPSA) is 26.8 Å². The summed E-state index contributed by atoms with van der Waals surface area (Å²) in [4.78, 5) is 19.0. The molecule has 4 nitrogen and oxygen atoms in total. The van der Waals surface area contributed by atoms with Crippen LogP contribution in [-0.2, 0) is 4.79 Å². The molecule has 1 saturated heterocycles. The van der Waals surface area contributed by atoms with E-state index in [9.17, 15) is 4.79 Å². The van der Waals surface area contributed by atoms with Gasteiger partial charge in [-0.1, -0.05) is 0 Å². The molecule has 1 aromatic carbocycles. The van der Waals surface area contributed by atoms with Gasteiger partial charge in [-0.3, -0.25) is 4.79 Å². The molecule has 0 bridgehead atoms. The van der Waals surface area contributed by atoms with Crippen molar-refractivity contribution >= 4 is 17.3 Å². The van der Waals surface area contributed by atoms with Crippen LogP contribution in [0, 0.1) is 12.8 Å². The molecule has 1 amide bonds. The van der Waals surface area contributed by atoms with Crippen molar-refractivity contribution in [2.45, 2.75) is 33.6 Å². The molecule has 0 spiro atoms. The van der Waals surface area contributed by atoms with Crippen LogP contribution in [0.15, 0.2) is 18.2 Å². The third-order valence-electron chi connectivity index (χ3n) is 5.17. The number of hydrogen-bond acceptors (Lipinski definition) is 3. The molecular weight excluding hydrogens is 286 g/mol. The fourth-order valence-corrected chi connectivity index (χ4v) is 3.54. The SMILES string of the molecule is CCN(CC)c1ccc(N2CCN(C(=O)C3CC3)CC2)c(C)c1. The Morgan fingerprint density at radius 1 is 1.13 bits per heavy atom. The van der Waals surface area contributed by atoms with E-state index >= 15 is 0 Å². The highest BCUT2D eigenvalue weighted by Gasteiger charge is 2.34. The maximum Gasteiger partial charge on any atom is 0.225 e. The van der Waals surface area contributed by atoms with E-state index in [-0.39, 0.29) is 0 Å². The smallest absolute Gasteiger partial charge is 0.225 e. The molecule has 23 heavy (non-hydrogen) atoms. The van der Waals surface area contributed by atoms with E-state index in [1.54, 1.807) is 0 Å². The molecule has 1 saturated carbocycles. The molecular formula is C19H29N3O. The van der Waals surface area contributed by atoms with Crippen LogP contribution >= 0.6 is 0 Å². The van der Waals surface area contributed by atoms with E-state index in [1.807, 2.05) is 0 Å². The molecule has 0 aromatic heterocycles. The quantitative estimate of drug-likeness (QED) is 0.836. The van der Waals surface area contributed by atoms with Crippen molar-refractivity contribution in [2.24, 2.45) is 5.92 Å². The van der Waals surface area contributed by atoms with Crippen LogP contribution in [0.4, 0.5) is 11.4 Å². The fraction of sp³-hybridized carbons (Fsp3) is 0.632. The first-order chi connectivity index (χ1) is 11.1. The Morgan fingerprint density at radius 3 is 2.30 bits per heavy atom. The number of hydrogen-bond donors (Lipinski definition) is 0. The summed E-state index contributed by atoms with van der Waals surface area (Å²) in [6.07, 6.45) is 2.20. The molecule has 0 unspecified atom stereocenters. The molecule has 1 heterocycles. The maximum absolute atomic E-state index is 12.2. The molecule has 0 atom stereocenters. The van der Waals surface area contributed by atoms with Crippen molar-refractivity contribution in [1.29, 1.82) is 0 Å². The Hall–Kier alpha value is -1.71. The van der Waals surface area contributed by atoms with E-state index < -0.39 is 0 Å². The average molecular weight is 315 g/mol. The van der Waals surface area contributed by atoms with Crippen molar-refractivity contribution in [3.05, 3.63) is 23.8 Å². The largest absolute Gasteiger partial charge is 0.372 e. The lowest BCUT2D eigenvalue weighted by molar-refractivity contribution is -0.132. The molecule has 3 rings (SSSR count). The van der Waals surface area contributed by atoms with Gasteiger partial charge in [0.05, 0.1) is 0 Å². The van der Waals surface area contributed by atoms with Gasteiger partial charge in [0.15, 0.2) is 0 Å². The predicted octanol–water partition coefficient (Wildman–Crippen LogP) is 2.90. The Balaban J connectivity index is 1.64. The zero-order valence-corrected chi connectivity index (χ0v) is 14.7. The first-order valence-corrected chi connectivity index (χ1v) is 9.03. The van der Waals surface area contributed by atoms with E-state index in [4.69, 9.17) is 0 Å². The number of rotatable bonds is 5. The summed E-state index contributed by atoms with van der Waals surface area (Å²) >= 11 is 0. The zero-order chi connectivity index (χ0) is 16.4. The van der Waals surface area contributed by atoms with Gasteiger partial charge in [0.1, 0.15) is 0 Å². The van der Waals surface area contributed by atoms with Crippen LogP contribution in [0.5, 0.6) is 0 Å². The normalized spacial score (nSPS) is 18.2. The van der Waals surface area contributed by atoms with Crippen LogP contribution in [0.1, 0.15) is 32.3 Å². The molecule has 4 heteroatoms. The highest BCUT2D eigenvalue weighted by atomic mass is 16.2. The summed E-state index contributed by atoms with van der Waals surface area (Å²) in [5.74, 6) is 0.731. The highest BCUT2D eigenvalue weighted by Crippen LogP contribution is 2.32. The lowest BCUT2D eigenvalue weighted by Crippen LogP contribution is -2.49. The number of amides is 1. The number of carbonyl (C=O) groups is 1. The van der Waals surface area contributed by atoms with E-state index in [0.717, 1.165) is 52.1 Å². The number of anilines is 2. The zero-order valence-electron chi connectivity index (χ0n) is 14.7. The second kappa shape index (κ2) is 6.81. The van der Waals surface area contributed by atoms with Crippen molar-refractivity contribution in [3.8, 4) is 0 Å². The summed E-state index contributed by atoms with van der Waals surface area (Å²) in [7, 11) is 0. The minimum Gasteiger partial charge on any atom is -0.372 e. The Morgan fingerprint density at radius 2 is 1.78 bits per heavy atom. The number of carbonyl (C=O) groups excluding carboxylic acids is 1. The van der Waals surface area contributed by atoms with Crippen molar-refractivity contribution < 1.29 is 4.79 Å². The molecule has 1 aromatic rings. The molecule has 0 radical (unpaired) electrons. The van der Waals surface area contributed by atoms with Gasteiger partial charge in [-0.2, -0.15) is 0 Å². The van der Waals surface area contributed by atoms with Crippen LogP contribution in [0.25, 0.3) is 0 Å². The Bertz CT molecular complexity index is 556. The van der Waals surface area contributed by atoms with Gasteiger partial charge in [-0.05, 0) is 57.4 Å². The van der Waals surface area contributed by atoms with Gasteiger partial charge in [-0.25, -0.2) is 0 Å². The van der Waals surface area contributed by atoms with Gasteiger partial charge in [0.25, 0.3) is 0 Å². The second-order valence-electron chi connectivity index (χ2n) is 6.73. The molecule has 1 aliphatic carbocycles. The minimum atomic E-state index is 0.344. The lowest BCUT2D eigenvalue weighted by atomic mass is 10.1. The summed E-state index contributed by atoms with van der Waals surface area (Å²) in [6, 6.07) is 6.78. The summed E-state index contributed by atoms with van der Waals surface area (Å²) in [5.41, 5.74) is 3.95. The van der Waals surface area contributed by atoms with Crippen molar-refractivity contribution in [3.63, 3.8) is 0 Å². The molecule has 126 valence electrons. The summed E-state index contributed by atoms with van der Waals surface area (Å²) < 4.78 is 0. The van der Waals surface area contributed by atoms with E-state index in [1.165, 1.54) is 16.9 Å². The third-order valence-corrected chi connectivity index (χ3v) is 5.17. The molecule has 2 fully saturated rings. The average Bonchev–Trinajstić information content (AvgIpc) is 3.41. The van der Waals surface area contributed by atoms with E-state index in [0.29, 0.717) is 11.8 Å². The monoisotopic (exact) mass is 315 g/mol. The summed E-state index contributed by atoms with van der Waals surface area (Å²) in [6.45, 7) is 12.3. The van der Waals surface area contributed by atoms with Crippen LogP contribution in [-0.4, -0.2) is 50.1 Å². The van der Waals surface area contributed by atoms with Gasteiger partial charge >= 0.3 is 0 Å². The molecule has 1 aliphatic heterocycles. The molecule has 0 N–H and O–H groups in total. The Labute approximate surface area is 140 Å². The third kappa shape index (κ3) is 3.46. The number of benzene rings is 1. The van der Waals surface area contributed by atoms with Gasteiger partial charge in [0, 0.05) is 56.6 Å². The van der Waals surface area contributed by atoms with E-state index in [2.05, 4.69) is 53.7 Å². The maximum atomic E-state index is 12.2. The standard InChI is InChI=1S/C19H29N3O/c1-4-20(5-2)17-8-9-18(15(3)14-17)21-10-12-22(13-11-21)19(23)16-6-7-16/h8-9,14,16H,4-7,10-13H2,1-3H3. The van der Waals surface area contributed by atoms with Gasteiger partial charge in [-0.15, -0.1) is 0 Å². The first kappa shape index (κ1) is 16.2. The minimum absolute atomic E-state index is 0.344. The van der Waals surface area contributed by atoms with Crippen molar-refractivity contribution in [1.82, 2.24) is 4.90 Å². The van der Waals surface area contributed by atoms with Crippen LogP contribution in [0.2, 0.25) is 0 Å². The van der Waals surface area contributed by atoms with Gasteiger partial charge < -0.3 is 14.7 Å². The predicted molar refractivity (Wildman–Crippen MR) is 96.3 cm³/mol. The highest BCUT2D eigenvalue weighted by molar-refractivity contribution is 5.81. The molecule has 2 aliphatic rings.